The number of halogens is 2. The van der Waals surface area contributed by atoms with Gasteiger partial charge in [0.1, 0.15) is 22.2 Å². The second-order valence-corrected chi connectivity index (χ2v) is 8.81. The highest BCUT2D eigenvalue weighted by Crippen LogP contribution is 2.38. The summed E-state index contributed by atoms with van der Waals surface area (Å²) in [6.07, 6.45) is 3.15. The standard InChI is InChI=1S/C24H21F2N3O3S/c25-15-3-1-2-14(10-15)23(33)28-8-6-27(7-9-28)21-12-20-17(11-19(21)26)22(30)18(24(31)32)13-29(20)16-4-5-16/h1-3,10-13,16H,4-9H2,(H,31,32). The maximum absolute atomic E-state index is 15.1. The fourth-order valence-electron chi connectivity index (χ4n) is 4.36. The van der Waals surface area contributed by atoms with E-state index < -0.39 is 17.2 Å². The summed E-state index contributed by atoms with van der Waals surface area (Å²) < 4.78 is 30.5. The Labute approximate surface area is 193 Å². The lowest BCUT2D eigenvalue weighted by Crippen LogP contribution is -2.48. The van der Waals surface area contributed by atoms with Gasteiger partial charge in [-0.05, 0) is 37.1 Å². The third kappa shape index (κ3) is 3.97. The van der Waals surface area contributed by atoms with E-state index in [0.717, 1.165) is 18.9 Å². The number of hydrogen-bond donors (Lipinski definition) is 1. The zero-order chi connectivity index (χ0) is 23.3. The van der Waals surface area contributed by atoms with Gasteiger partial charge in [0.15, 0.2) is 0 Å². The van der Waals surface area contributed by atoms with Gasteiger partial charge in [0.05, 0.1) is 11.2 Å². The van der Waals surface area contributed by atoms with E-state index in [1.807, 2.05) is 9.80 Å². The normalized spacial score (nSPS) is 16.3. The fourth-order valence-corrected chi connectivity index (χ4v) is 4.67. The number of pyridine rings is 1. The molecule has 0 bridgehead atoms. The molecule has 1 aliphatic carbocycles. The summed E-state index contributed by atoms with van der Waals surface area (Å²) in [4.78, 5) is 28.6. The number of benzene rings is 2. The van der Waals surface area contributed by atoms with Crippen molar-refractivity contribution >= 4 is 39.8 Å². The smallest absolute Gasteiger partial charge is 0.341 e. The quantitative estimate of drug-likeness (QED) is 0.587. The molecule has 0 atom stereocenters. The van der Waals surface area contributed by atoms with Crippen molar-refractivity contribution in [2.75, 3.05) is 31.1 Å². The van der Waals surface area contributed by atoms with E-state index in [2.05, 4.69) is 0 Å². The van der Waals surface area contributed by atoms with E-state index in [1.54, 1.807) is 22.8 Å². The van der Waals surface area contributed by atoms with Crippen LogP contribution in [-0.4, -0.2) is 51.7 Å². The van der Waals surface area contributed by atoms with Gasteiger partial charge in [0.25, 0.3) is 0 Å². The van der Waals surface area contributed by atoms with Crippen LogP contribution in [0.1, 0.15) is 34.8 Å². The van der Waals surface area contributed by atoms with E-state index in [-0.39, 0.29) is 22.8 Å². The van der Waals surface area contributed by atoms with Crippen molar-refractivity contribution in [2.45, 2.75) is 18.9 Å². The molecule has 1 saturated heterocycles. The van der Waals surface area contributed by atoms with Crippen LogP contribution in [-0.2, 0) is 0 Å². The first-order valence-corrected chi connectivity index (χ1v) is 11.2. The van der Waals surface area contributed by atoms with Gasteiger partial charge < -0.3 is 19.5 Å². The summed E-state index contributed by atoms with van der Waals surface area (Å²) in [6.45, 7) is 2.08. The van der Waals surface area contributed by atoms with Crippen molar-refractivity contribution in [1.82, 2.24) is 9.47 Å². The lowest BCUT2D eigenvalue weighted by Gasteiger charge is -2.37. The van der Waals surface area contributed by atoms with E-state index in [0.29, 0.717) is 47.9 Å². The topological polar surface area (TPSA) is 65.8 Å². The molecule has 9 heteroatoms. The number of hydrogen-bond acceptors (Lipinski definition) is 4. The molecule has 2 aromatic carbocycles. The van der Waals surface area contributed by atoms with Crippen LogP contribution in [0, 0.1) is 11.6 Å². The number of nitrogens with zero attached hydrogens (tertiary/aromatic N) is 3. The summed E-state index contributed by atoms with van der Waals surface area (Å²) >= 11 is 5.53. The molecule has 1 aliphatic heterocycles. The molecule has 1 aromatic heterocycles. The van der Waals surface area contributed by atoms with Crippen LogP contribution in [0.5, 0.6) is 0 Å². The highest BCUT2D eigenvalue weighted by Gasteiger charge is 2.29. The number of carboxylic acid groups (broad SMARTS) is 1. The van der Waals surface area contributed by atoms with E-state index >= 15 is 4.39 Å². The zero-order valence-corrected chi connectivity index (χ0v) is 18.4. The van der Waals surface area contributed by atoms with Gasteiger partial charge in [-0.3, -0.25) is 4.79 Å². The molecule has 170 valence electrons. The number of rotatable bonds is 4. The number of carboxylic acids is 1. The van der Waals surface area contributed by atoms with Crippen LogP contribution >= 0.6 is 12.2 Å². The lowest BCUT2D eigenvalue weighted by molar-refractivity contribution is 0.0695. The number of carbonyl (C=O) groups is 1. The monoisotopic (exact) mass is 469 g/mol. The maximum Gasteiger partial charge on any atom is 0.341 e. The first-order valence-electron chi connectivity index (χ1n) is 10.7. The largest absolute Gasteiger partial charge is 0.477 e. The molecular formula is C24H21F2N3O3S. The minimum atomic E-state index is -1.31. The van der Waals surface area contributed by atoms with Crippen molar-refractivity contribution < 1.29 is 18.7 Å². The molecule has 3 aromatic rings. The molecule has 0 amide bonds. The molecule has 6 nitrogen and oxygen atoms in total. The highest BCUT2D eigenvalue weighted by atomic mass is 32.1. The van der Waals surface area contributed by atoms with Crippen molar-refractivity contribution in [2.24, 2.45) is 0 Å². The van der Waals surface area contributed by atoms with Gasteiger partial charge in [-0.1, -0.05) is 24.4 Å². The summed E-state index contributed by atoms with van der Waals surface area (Å²) in [7, 11) is 0. The van der Waals surface area contributed by atoms with Crippen LogP contribution in [0.2, 0.25) is 0 Å². The Bertz CT molecular complexity index is 1340. The summed E-state index contributed by atoms with van der Waals surface area (Å²) in [5.41, 5.74) is 0.529. The Morgan fingerprint density at radius 3 is 2.42 bits per heavy atom. The number of aromatic nitrogens is 1. The van der Waals surface area contributed by atoms with Crippen molar-refractivity contribution in [1.29, 1.82) is 0 Å². The zero-order valence-electron chi connectivity index (χ0n) is 17.6. The third-order valence-electron chi connectivity index (χ3n) is 6.25. The molecule has 1 saturated carbocycles. The molecule has 5 rings (SSSR count). The predicted octanol–water partition coefficient (Wildman–Crippen LogP) is 3.81. The van der Waals surface area contributed by atoms with Crippen LogP contribution in [0.25, 0.3) is 10.9 Å². The van der Waals surface area contributed by atoms with Gasteiger partial charge >= 0.3 is 5.97 Å². The average molecular weight is 470 g/mol. The minimum Gasteiger partial charge on any atom is -0.477 e. The summed E-state index contributed by atoms with van der Waals surface area (Å²) in [6, 6.07) is 9.08. The SMILES string of the molecule is O=C(O)c1cn(C2CC2)c2cc(N3CCN(C(=S)c4cccc(F)c4)CC3)c(F)cc2c1=O. The molecular weight excluding hydrogens is 448 g/mol. The number of thiocarbonyl (C=S) groups is 1. The predicted molar refractivity (Wildman–Crippen MR) is 125 cm³/mol. The Kier molecular flexibility index (Phi) is 5.36. The Hall–Kier alpha value is -3.33. The highest BCUT2D eigenvalue weighted by molar-refractivity contribution is 7.80. The number of fused-ring (bicyclic) bond motifs is 1. The first-order chi connectivity index (χ1) is 15.8. The van der Waals surface area contributed by atoms with Gasteiger partial charge in [0, 0.05) is 49.4 Å². The first kappa shape index (κ1) is 21.5. The minimum absolute atomic E-state index is 0.0777. The molecule has 33 heavy (non-hydrogen) atoms. The van der Waals surface area contributed by atoms with Crippen molar-refractivity contribution in [3.05, 3.63) is 75.6 Å². The van der Waals surface area contributed by atoms with Gasteiger partial charge in [-0.25, -0.2) is 13.6 Å². The number of piperazine rings is 1. The van der Waals surface area contributed by atoms with Crippen LogP contribution in [0.15, 0.2) is 47.4 Å². The lowest BCUT2D eigenvalue weighted by atomic mass is 10.1. The Balaban J connectivity index is 1.44. The van der Waals surface area contributed by atoms with Crippen molar-refractivity contribution in [3.8, 4) is 0 Å². The number of aromatic carboxylic acids is 1. The van der Waals surface area contributed by atoms with E-state index in [1.165, 1.54) is 18.3 Å². The summed E-state index contributed by atoms with van der Waals surface area (Å²) in [5, 5.41) is 9.47. The molecule has 1 N–H and O–H groups in total. The summed E-state index contributed by atoms with van der Waals surface area (Å²) in [5.74, 6) is -2.23. The van der Waals surface area contributed by atoms with Crippen molar-refractivity contribution in [3.63, 3.8) is 0 Å². The van der Waals surface area contributed by atoms with Gasteiger partial charge in [-0.2, -0.15) is 0 Å². The van der Waals surface area contributed by atoms with Crippen LogP contribution in [0.4, 0.5) is 14.5 Å². The molecule has 2 fully saturated rings. The van der Waals surface area contributed by atoms with Gasteiger partial charge in [0.2, 0.25) is 5.43 Å². The molecule has 2 heterocycles. The second kappa shape index (κ2) is 8.22. The van der Waals surface area contributed by atoms with Crippen LogP contribution < -0.4 is 10.3 Å². The molecule has 0 radical (unpaired) electrons. The third-order valence-corrected chi connectivity index (χ3v) is 6.74. The average Bonchev–Trinajstić information content (AvgIpc) is 3.64. The van der Waals surface area contributed by atoms with Crippen LogP contribution in [0.3, 0.4) is 0 Å². The fraction of sp³-hybridized carbons (Fsp3) is 0.292. The van der Waals surface area contributed by atoms with E-state index in [9.17, 15) is 19.1 Å². The molecule has 2 aliphatic rings. The second-order valence-electron chi connectivity index (χ2n) is 8.43. The molecule has 0 unspecified atom stereocenters. The van der Waals surface area contributed by atoms with Gasteiger partial charge in [-0.15, -0.1) is 0 Å². The maximum atomic E-state index is 15.1. The Morgan fingerprint density at radius 1 is 1.06 bits per heavy atom. The molecule has 0 spiro atoms. The van der Waals surface area contributed by atoms with E-state index in [4.69, 9.17) is 12.2 Å². The Morgan fingerprint density at radius 2 is 1.79 bits per heavy atom. The number of anilines is 1.